The fraction of sp³-hybridized carbons (Fsp3) is 0.333. The molecule has 20 heavy (non-hydrogen) atoms. The van der Waals surface area contributed by atoms with Crippen molar-refractivity contribution in [1.82, 2.24) is 5.32 Å². The van der Waals surface area contributed by atoms with E-state index in [-0.39, 0.29) is 37.1 Å². The molecule has 0 heterocycles. The molecule has 0 aliphatic carbocycles. The molecule has 110 valence electrons. The standard InChI is InChI=1S/C12H14ClFN2O4/c13-9-7-8(1-2-10(9)14)16-12(19)11(18)15-3-5-20-6-4-17/h1-2,7,17H,3-6H2,(H,15,18)(H,16,19). The summed E-state index contributed by atoms with van der Waals surface area (Å²) < 4.78 is 17.8. The van der Waals surface area contributed by atoms with Crippen molar-refractivity contribution >= 4 is 29.1 Å². The summed E-state index contributed by atoms with van der Waals surface area (Å²) in [7, 11) is 0. The third-order valence-electron chi connectivity index (χ3n) is 2.15. The number of aliphatic hydroxyl groups excluding tert-OH is 1. The SMILES string of the molecule is O=C(NCCOCCO)C(=O)Nc1ccc(F)c(Cl)c1. The Morgan fingerprint density at radius 3 is 2.70 bits per heavy atom. The lowest BCUT2D eigenvalue weighted by Crippen LogP contribution is -2.37. The van der Waals surface area contributed by atoms with Crippen molar-refractivity contribution in [3.05, 3.63) is 29.0 Å². The van der Waals surface area contributed by atoms with Gasteiger partial charge in [-0.05, 0) is 18.2 Å². The number of carbonyl (C=O) groups is 2. The Kier molecular flexibility index (Phi) is 6.92. The molecule has 0 spiro atoms. The van der Waals surface area contributed by atoms with Crippen LogP contribution in [0.4, 0.5) is 10.1 Å². The van der Waals surface area contributed by atoms with Crippen LogP contribution < -0.4 is 10.6 Å². The fourth-order valence-electron chi connectivity index (χ4n) is 1.25. The van der Waals surface area contributed by atoms with Crippen molar-refractivity contribution in [3.63, 3.8) is 0 Å². The van der Waals surface area contributed by atoms with Gasteiger partial charge in [0.15, 0.2) is 0 Å². The fourth-order valence-corrected chi connectivity index (χ4v) is 1.43. The van der Waals surface area contributed by atoms with Crippen LogP contribution in [-0.4, -0.2) is 43.3 Å². The van der Waals surface area contributed by atoms with Crippen molar-refractivity contribution < 1.29 is 23.8 Å². The first-order valence-corrected chi connectivity index (χ1v) is 6.15. The van der Waals surface area contributed by atoms with Gasteiger partial charge in [-0.15, -0.1) is 0 Å². The summed E-state index contributed by atoms with van der Waals surface area (Å²) >= 11 is 5.55. The van der Waals surface area contributed by atoms with Gasteiger partial charge in [-0.3, -0.25) is 9.59 Å². The maximum atomic E-state index is 12.9. The van der Waals surface area contributed by atoms with E-state index in [4.69, 9.17) is 21.4 Å². The van der Waals surface area contributed by atoms with Crippen LogP contribution in [0.25, 0.3) is 0 Å². The van der Waals surface area contributed by atoms with Gasteiger partial charge in [0.25, 0.3) is 0 Å². The zero-order chi connectivity index (χ0) is 15.0. The van der Waals surface area contributed by atoms with Gasteiger partial charge < -0.3 is 20.5 Å². The maximum absolute atomic E-state index is 12.9. The number of nitrogens with one attached hydrogen (secondary N) is 2. The van der Waals surface area contributed by atoms with E-state index in [1.807, 2.05) is 0 Å². The second-order valence-corrected chi connectivity index (χ2v) is 4.08. The molecule has 0 saturated carbocycles. The molecule has 0 atom stereocenters. The summed E-state index contributed by atoms with van der Waals surface area (Å²) in [6.07, 6.45) is 0. The average molecular weight is 305 g/mol. The molecule has 6 nitrogen and oxygen atoms in total. The minimum absolute atomic E-state index is 0.111. The van der Waals surface area contributed by atoms with E-state index in [2.05, 4.69) is 10.6 Å². The minimum Gasteiger partial charge on any atom is -0.394 e. The number of benzene rings is 1. The lowest BCUT2D eigenvalue weighted by Gasteiger charge is -2.07. The number of ether oxygens (including phenoxy) is 1. The summed E-state index contributed by atoms with van der Waals surface area (Å²) in [6.45, 7) is 0.369. The Balaban J connectivity index is 2.37. The molecule has 0 unspecified atom stereocenters. The highest BCUT2D eigenvalue weighted by Crippen LogP contribution is 2.19. The Morgan fingerprint density at radius 2 is 2.05 bits per heavy atom. The molecule has 0 bridgehead atoms. The van der Waals surface area contributed by atoms with Gasteiger partial charge >= 0.3 is 11.8 Å². The maximum Gasteiger partial charge on any atom is 0.313 e. The molecule has 0 radical (unpaired) electrons. The first-order valence-electron chi connectivity index (χ1n) is 5.77. The molecule has 1 aromatic rings. The molecule has 0 fully saturated rings. The van der Waals surface area contributed by atoms with Crippen LogP contribution in [-0.2, 0) is 14.3 Å². The summed E-state index contributed by atoms with van der Waals surface area (Å²) in [6, 6.07) is 3.57. The van der Waals surface area contributed by atoms with E-state index in [9.17, 15) is 14.0 Å². The van der Waals surface area contributed by atoms with E-state index >= 15 is 0 Å². The van der Waals surface area contributed by atoms with Gasteiger partial charge in [0.05, 0.1) is 24.8 Å². The molecular formula is C12H14ClFN2O4. The van der Waals surface area contributed by atoms with Crippen LogP contribution in [0.15, 0.2) is 18.2 Å². The van der Waals surface area contributed by atoms with Crippen molar-refractivity contribution in [1.29, 1.82) is 0 Å². The topological polar surface area (TPSA) is 87.7 Å². The molecular weight excluding hydrogens is 291 g/mol. The summed E-state index contributed by atoms with van der Waals surface area (Å²) in [5.74, 6) is -2.36. The predicted molar refractivity (Wildman–Crippen MR) is 71.0 cm³/mol. The Hall–Kier alpha value is -1.70. The van der Waals surface area contributed by atoms with Crippen LogP contribution in [0.5, 0.6) is 0 Å². The first kappa shape index (κ1) is 16.4. The molecule has 0 aliphatic rings. The van der Waals surface area contributed by atoms with Gasteiger partial charge in [0, 0.05) is 12.2 Å². The third kappa shape index (κ3) is 5.52. The van der Waals surface area contributed by atoms with Crippen molar-refractivity contribution in [3.8, 4) is 0 Å². The number of hydrogen-bond donors (Lipinski definition) is 3. The summed E-state index contributed by atoms with van der Waals surface area (Å²) in [4.78, 5) is 22.9. The number of anilines is 1. The van der Waals surface area contributed by atoms with Crippen molar-refractivity contribution in [2.45, 2.75) is 0 Å². The zero-order valence-corrected chi connectivity index (χ0v) is 11.2. The Labute approximate surface area is 119 Å². The number of carbonyl (C=O) groups excluding carboxylic acids is 2. The lowest BCUT2D eigenvalue weighted by atomic mass is 10.3. The summed E-state index contributed by atoms with van der Waals surface area (Å²) in [5.41, 5.74) is 0.216. The summed E-state index contributed by atoms with van der Waals surface area (Å²) in [5, 5.41) is 12.9. The molecule has 0 saturated heterocycles. The van der Waals surface area contributed by atoms with Crippen LogP contribution in [0, 0.1) is 5.82 Å². The van der Waals surface area contributed by atoms with Crippen LogP contribution in [0.2, 0.25) is 5.02 Å². The quantitative estimate of drug-likeness (QED) is 0.529. The van der Waals surface area contributed by atoms with Gasteiger partial charge in [-0.25, -0.2) is 4.39 Å². The van der Waals surface area contributed by atoms with E-state index < -0.39 is 17.6 Å². The third-order valence-corrected chi connectivity index (χ3v) is 2.44. The van der Waals surface area contributed by atoms with Crippen LogP contribution in [0.3, 0.4) is 0 Å². The second kappa shape index (κ2) is 8.47. The van der Waals surface area contributed by atoms with Crippen LogP contribution >= 0.6 is 11.6 Å². The normalized spacial score (nSPS) is 10.2. The molecule has 8 heteroatoms. The number of aliphatic hydroxyl groups is 1. The zero-order valence-electron chi connectivity index (χ0n) is 10.5. The Bertz CT molecular complexity index is 485. The van der Waals surface area contributed by atoms with E-state index in [1.54, 1.807) is 0 Å². The highest BCUT2D eigenvalue weighted by molar-refractivity contribution is 6.39. The number of rotatable bonds is 6. The smallest absolute Gasteiger partial charge is 0.313 e. The molecule has 2 amide bonds. The van der Waals surface area contributed by atoms with E-state index in [1.165, 1.54) is 12.1 Å². The Morgan fingerprint density at radius 1 is 1.30 bits per heavy atom. The molecule has 3 N–H and O–H groups in total. The largest absolute Gasteiger partial charge is 0.394 e. The second-order valence-electron chi connectivity index (χ2n) is 3.67. The van der Waals surface area contributed by atoms with Gasteiger partial charge in [0.1, 0.15) is 5.82 Å². The van der Waals surface area contributed by atoms with Gasteiger partial charge in [-0.1, -0.05) is 11.6 Å². The van der Waals surface area contributed by atoms with E-state index in [0.29, 0.717) is 0 Å². The van der Waals surface area contributed by atoms with Crippen LogP contribution in [0.1, 0.15) is 0 Å². The number of hydrogen-bond acceptors (Lipinski definition) is 4. The molecule has 0 aromatic heterocycles. The monoisotopic (exact) mass is 304 g/mol. The predicted octanol–water partition coefficient (Wildman–Crippen LogP) is 0.543. The van der Waals surface area contributed by atoms with Gasteiger partial charge in [0.2, 0.25) is 0 Å². The highest BCUT2D eigenvalue weighted by Gasteiger charge is 2.13. The molecule has 1 aromatic carbocycles. The number of amides is 2. The number of halogens is 2. The molecule has 0 aliphatic heterocycles. The van der Waals surface area contributed by atoms with Crippen molar-refractivity contribution in [2.24, 2.45) is 0 Å². The van der Waals surface area contributed by atoms with Crippen molar-refractivity contribution in [2.75, 3.05) is 31.7 Å². The molecule has 1 rings (SSSR count). The first-order chi connectivity index (χ1) is 9.54. The lowest BCUT2D eigenvalue weighted by molar-refractivity contribution is -0.136. The average Bonchev–Trinajstić information content (AvgIpc) is 2.42. The minimum atomic E-state index is -0.894. The highest BCUT2D eigenvalue weighted by atomic mass is 35.5. The van der Waals surface area contributed by atoms with Gasteiger partial charge in [-0.2, -0.15) is 0 Å². The van der Waals surface area contributed by atoms with E-state index in [0.717, 1.165) is 6.07 Å².